The lowest BCUT2D eigenvalue weighted by molar-refractivity contribution is 0.0106. The first-order valence-corrected chi connectivity index (χ1v) is 9.40. The van der Waals surface area contributed by atoms with Crippen molar-refractivity contribution in [2.45, 2.75) is 19.4 Å². The summed E-state index contributed by atoms with van der Waals surface area (Å²) in [6, 6.07) is 6.93. The molecule has 2 aliphatic rings. The van der Waals surface area contributed by atoms with E-state index in [4.69, 9.17) is 4.74 Å². The highest BCUT2D eigenvalue weighted by Crippen LogP contribution is 2.35. The van der Waals surface area contributed by atoms with Crippen LogP contribution >= 0.6 is 0 Å². The predicted molar refractivity (Wildman–Crippen MR) is 99.6 cm³/mol. The number of nitrogens with zero attached hydrogens (tertiary/aromatic N) is 4. The number of hydrogen-bond acceptors (Lipinski definition) is 4. The van der Waals surface area contributed by atoms with E-state index < -0.39 is 0 Å². The van der Waals surface area contributed by atoms with Gasteiger partial charge in [0.25, 0.3) is 0 Å². The van der Waals surface area contributed by atoms with E-state index in [-0.39, 0.29) is 11.2 Å². The number of anilines is 1. The maximum Gasteiger partial charge on any atom is 0.125 e. The molecule has 0 bridgehead atoms. The van der Waals surface area contributed by atoms with Crippen molar-refractivity contribution in [2.24, 2.45) is 12.5 Å². The average molecular weight is 358 g/mol. The van der Waals surface area contributed by atoms with Gasteiger partial charge in [0.05, 0.1) is 19.4 Å². The molecule has 4 rings (SSSR count). The first-order valence-electron chi connectivity index (χ1n) is 9.40. The smallest absolute Gasteiger partial charge is 0.125 e. The topological polar surface area (TPSA) is 33.5 Å². The molecule has 2 aliphatic heterocycles. The molecule has 0 radical (unpaired) electrons. The van der Waals surface area contributed by atoms with Gasteiger partial charge in [0.15, 0.2) is 0 Å². The third-order valence-electron chi connectivity index (χ3n) is 5.52. The molecule has 140 valence electrons. The minimum Gasteiger partial charge on any atom is -0.379 e. The Kier molecular flexibility index (Phi) is 4.96. The van der Waals surface area contributed by atoms with E-state index in [1.165, 1.54) is 18.1 Å². The second-order valence-electron chi connectivity index (χ2n) is 7.79. The number of aromatic nitrogens is 2. The molecule has 0 unspecified atom stereocenters. The van der Waals surface area contributed by atoms with Crippen molar-refractivity contribution >= 4 is 5.69 Å². The average Bonchev–Trinajstić information content (AvgIpc) is 2.91. The highest BCUT2D eigenvalue weighted by atomic mass is 19.1. The summed E-state index contributed by atoms with van der Waals surface area (Å²) in [4.78, 5) is 4.81. The predicted octanol–water partition coefficient (Wildman–Crippen LogP) is 2.68. The largest absolute Gasteiger partial charge is 0.379 e. The van der Waals surface area contributed by atoms with Crippen LogP contribution in [-0.2, 0) is 18.3 Å². The van der Waals surface area contributed by atoms with E-state index in [1.807, 2.05) is 24.0 Å². The van der Waals surface area contributed by atoms with Crippen molar-refractivity contribution in [1.29, 1.82) is 0 Å². The number of rotatable bonds is 3. The van der Waals surface area contributed by atoms with Crippen LogP contribution in [0.1, 0.15) is 18.4 Å². The first kappa shape index (κ1) is 17.5. The minimum absolute atomic E-state index is 0.100. The molecule has 6 heteroatoms. The van der Waals surface area contributed by atoms with Crippen LogP contribution in [0.15, 0.2) is 36.7 Å². The lowest BCUT2D eigenvalue weighted by Crippen LogP contribution is -2.50. The third kappa shape index (κ3) is 3.91. The molecular formula is C20H27FN4O. The zero-order chi connectivity index (χ0) is 18.0. The molecule has 1 aromatic heterocycles. The Morgan fingerprint density at radius 3 is 3.00 bits per heavy atom. The molecule has 3 heterocycles. The summed E-state index contributed by atoms with van der Waals surface area (Å²) in [6.07, 6.45) is 6.36. The molecule has 2 aromatic rings. The minimum atomic E-state index is -0.177. The molecule has 1 atom stereocenters. The van der Waals surface area contributed by atoms with Crippen molar-refractivity contribution in [3.63, 3.8) is 0 Å². The van der Waals surface area contributed by atoms with Gasteiger partial charge in [-0.05, 0) is 37.6 Å². The van der Waals surface area contributed by atoms with Crippen molar-refractivity contribution in [2.75, 3.05) is 44.3 Å². The van der Waals surface area contributed by atoms with E-state index in [2.05, 4.69) is 21.1 Å². The molecule has 0 amide bonds. The van der Waals surface area contributed by atoms with Gasteiger partial charge in [-0.15, -0.1) is 0 Å². The molecule has 0 aliphatic carbocycles. The summed E-state index contributed by atoms with van der Waals surface area (Å²) in [5, 5.41) is 4.28. The van der Waals surface area contributed by atoms with Gasteiger partial charge >= 0.3 is 0 Å². The van der Waals surface area contributed by atoms with E-state index >= 15 is 0 Å². The Balaban J connectivity index is 1.49. The number of halogens is 1. The van der Waals surface area contributed by atoms with Gasteiger partial charge in [0.2, 0.25) is 0 Å². The summed E-state index contributed by atoms with van der Waals surface area (Å²) in [5.74, 6) is -0.177. The van der Waals surface area contributed by atoms with Gasteiger partial charge in [-0.25, -0.2) is 4.39 Å². The Labute approximate surface area is 154 Å². The fourth-order valence-electron chi connectivity index (χ4n) is 4.39. The summed E-state index contributed by atoms with van der Waals surface area (Å²) < 4.78 is 21.5. The second kappa shape index (κ2) is 7.37. The van der Waals surface area contributed by atoms with Crippen LogP contribution in [0.25, 0.3) is 0 Å². The van der Waals surface area contributed by atoms with Crippen LogP contribution in [0.5, 0.6) is 0 Å². The first-order chi connectivity index (χ1) is 12.6. The van der Waals surface area contributed by atoms with Crippen LogP contribution < -0.4 is 4.90 Å². The summed E-state index contributed by atoms with van der Waals surface area (Å²) in [6.45, 7) is 6.25. The van der Waals surface area contributed by atoms with Crippen LogP contribution in [0, 0.1) is 11.2 Å². The standard InChI is InChI=1S/C20H27FN4O/c1-23-12-17(11-22-23)13-24-7-3-6-20(14-24)15-25(8-9-26-16-20)19-5-2-4-18(21)10-19/h2,4-5,10-12H,3,6-9,13-16H2,1H3/t20-/m0/s1. The zero-order valence-electron chi connectivity index (χ0n) is 15.4. The molecule has 2 saturated heterocycles. The fraction of sp³-hybridized carbons (Fsp3) is 0.550. The summed E-state index contributed by atoms with van der Waals surface area (Å²) in [5.41, 5.74) is 2.31. The Morgan fingerprint density at radius 2 is 2.19 bits per heavy atom. The van der Waals surface area contributed by atoms with Gasteiger partial charge < -0.3 is 9.64 Å². The third-order valence-corrected chi connectivity index (χ3v) is 5.52. The number of aryl methyl sites for hydroxylation is 1. The fourth-order valence-corrected chi connectivity index (χ4v) is 4.39. The van der Waals surface area contributed by atoms with Crippen LogP contribution in [-0.4, -0.2) is 54.1 Å². The molecular weight excluding hydrogens is 331 g/mol. The quantitative estimate of drug-likeness (QED) is 0.845. The maximum absolute atomic E-state index is 13.7. The van der Waals surface area contributed by atoms with Gasteiger partial charge in [0.1, 0.15) is 5.82 Å². The molecule has 26 heavy (non-hydrogen) atoms. The van der Waals surface area contributed by atoms with Crippen molar-refractivity contribution in [3.05, 3.63) is 48.0 Å². The van der Waals surface area contributed by atoms with Crippen LogP contribution in [0.2, 0.25) is 0 Å². The van der Waals surface area contributed by atoms with Gasteiger partial charge in [-0.3, -0.25) is 9.58 Å². The number of ether oxygens (including phenoxy) is 1. The molecule has 0 saturated carbocycles. The number of hydrogen-bond donors (Lipinski definition) is 0. The van der Waals surface area contributed by atoms with E-state index in [0.717, 1.165) is 51.4 Å². The number of benzene rings is 1. The van der Waals surface area contributed by atoms with Crippen LogP contribution in [0.3, 0.4) is 0 Å². The van der Waals surface area contributed by atoms with E-state index in [1.54, 1.807) is 12.1 Å². The monoisotopic (exact) mass is 358 g/mol. The molecule has 2 fully saturated rings. The Morgan fingerprint density at radius 1 is 1.27 bits per heavy atom. The zero-order valence-corrected chi connectivity index (χ0v) is 15.4. The molecule has 0 N–H and O–H groups in total. The summed E-state index contributed by atoms with van der Waals surface area (Å²) in [7, 11) is 1.96. The van der Waals surface area contributed by atoms with E-state index in [0.29, 0.717) is 6.61 Å². The Bertz CT molecular complexity index is 749. The second-order valence-corrected chi connectivity index (χ2v) is 7.79. The summed E-state index contributed by atoms with van der Waals surface area (Å²) >= 11 is 0. The lowest BCUT2D eigenvalue weighted by Gasteiger charge is -2.44. The molecule has 1 spiro atoms. The van der Waals surface area contributed by atoms with Crippen LogP contribution in [0.4, 0.5) is 10.1 Å². The van der Waals surface area contributed by atoms with Gasteiger partial charge in [-0.2, -0.15) is 5.10 Å². The van der Waals surface area contributed by atoms with Gasteiger partial charge in [0, 0.05) is 56.1 Å². The molecule has 5 nitrogen and oxygen atoms in total. The highest BCUT2D eigenvalue weighted by Gasteiger charge is 2.39. The highest BCUT2D eigenvalue weighted by molar-refractivity contribution is 5.47. The SMILES string of the molecule is Cn1cc(CN2CCC[C@]3(COCCN(c4cccc(F)c4)C3)C2)cn1. The number of piperidine rings is 1. The van der Waals surface area contributed by atoms with Gasteiger partial charge in [-0.1, -0.05) is 6.07 Å². The lowest BCUT2D eigenvalue weighted by atomic mass is 9.80. The van der Waals surface area contributed by atoms with Crippen molar-refractivity contribution < 1.29 is 9.13 Å². The number of likely N-dealkylation sites (tertiary alicyclic amines) is 1. The Hall–Kier alpha value is -1.92. The maximum atomic E-state index is 13.7. The normalized spacial score (nSPS) is 24.8. The van der Waals surface area contributed by atoms with E-state index in [9.17, 15) is 4.39 Å². The molecule has 1 aromatic carbocycles. The van der Waals surface area contributed by atoms with Crippen molar-refractivity contribution in [3.8, 4) is 0 Å². The van der Waals surface area contributed by atoms with Crippen molar-refractivity contribution in [1.82, 2.24) is 14.7 Å².